The fourth-order valence-corrected chi connectivity index (χ4v) is 1.02. The molecule has 0 unspecified atom stereocenters. The van der Waals surface area contributed by atoms with Crippen LogP contribution in [0.2, 0.25) is 5.02 Å². The molecule has 0 aliphatic rings. The minimum Gasteiger partial charge on any atom is -0.432 e. The standard InChI is InChI=1S/C7H7ClF2N2O/c8-3-1-4(11)6(12)5(2-3)13-7(9)10/h1-2,7H,11-12H2. The van der Waals surface area contributed by atoms with Crippen LogP contribution in [0.15, 0.2) is 12.1 Å². The lowest BCUT2D eigenvalue weighted by atomic mass is 10.2. The van der Waals surface area contributed by atoms with E-state index in [2.05, 4.69) is 4.74 Å². The highest BCUT2D eigenvalue weighted by molar-refractivity contribution is 6.31. The molecule has 0 heterocycles. The Balaban J connectivity index is 3.05. The molecule has 0 amide bonds. The summed E-state index contributed by atoms with van der Waals surface area (Å²) in [6.45, 7) is -2.94. The van der Waals surface area contributed by atoms with E-state index in [4.69, 9.17) is 23.1 Å². The van der Waals surface area contributed by atoms with E-state index in [0.29, 0.717) is 0 Å². The Labute approximate surface area is 78.2 Å². The minimum absolute atomic E-state index is 0.0373. The molecule has 0 aliphatic heterocycles. The van der Waals surface area contributed by atoms with Gasteiger partial charge in [0.1, 0.15) is 0 Å². The highest BCUT2D eigenvalue weighted by atomic mass is 35.5. The number of nitrogen functional groups attached to an aromatic ring is 2. The number of anilines is 2. The van der Waals surface area contributed by atoms with Crippen molar-refractivity contribution < 1.29 is 13.5 Å². The molecule has 0 spiro atoms. The molecular weight excluding hydrogens is 202 g/mol. The van der Waals surface area contributed by atoms with Crippen molar-refractivity contribution >= 4 is 23.0 Å². The van der Waals surface area contributed by atoms with Crippen molar-refractivity contribution in [2.45, 2.75) is 6.61 Å². The van der Waals surface area contributed by atoms with Crippen LogP contribution >= 0.6 is 11.6 Å². The van der Waals surface area contributed by atoms with Crippen LogP contribution in [0.4, 0.5) is 20.2 Å². The molecule has 1 aromatic rings. The largest absolute Gasteiger partial charge is 0.432 e. The molecule has 0 bridgehead atoms. The highest BCUT2D eigenvalue weighted by Gasteiger charge is 2.10. The first-order valence-corrected chi connectivity index (χ1v) is 3.68. The van der Waals surface area contributed by atoms with E-state index in [1.54, 1.807) is 0 Å². The van der Waals surface area contributed by atoms with E-state index in [1.165, 1.54) is 12.1 Å². The van der Waals surface area contributed by atoms with Crippen molar-refractivity contribution in [3.05, 3.63) is 17.2 Å². The molecular formula is C7H7ClF2N2O. The molecule has 4 N–H and O–H groups in total. The van der Waals surface area contributed by atoms with Crippen molar-refractivity contribution in [2.75, 3.05) is 11.5 Å². The molecule has 13 heavy (non-hydrogen) atoms. The average molecular weight is 209 g/mol. The van der Waals surface area contributed by atoms with Gasteiger partial charge in [-0.15, -0.1) is 0 Å². The summed E-state index contributed by atoms with van der Waals surface area (Å²) in [6.07, 6.45) is 0. The van der Waals surface area contributed by atoms with Gasteiger partial charge >= 0.3 is 6.61 Å². The zero-order valence-electron chi connectivity index (χ0n) is 6.43. The molecule has 0 aromatic heterocycles. The quantitative estimate of drug-likeness (QED) is 0.732. The number of hydrogen-bond acceptors (Lipinski definition) is 3. The van der Waals surface area contributed by atoms with Gasteiger partial charge in [0.2, 0.25) is 0 Å². The van der Waals surface area contributed by atoms with Gasteiger partial charge in [0, 0.05) is 11.1 Å². The Kier molecular flexibility index (Phi) is 2.77. The SMILES string of the molecule is Nc1cc(Cl)cc(OC(F)F)c1N. The molecule has 0 radical (unpaired) electrons. The maximum Gasteiger partial charge on any atom is 0.387 e. The molecule has 0 saturated carbocycles. The maximum absolute atomic E-state index is 11.8. The van der Waals surface area contributed by atoms with Gasteiger partial charge in [-0.25, -0.2) is 0 Å². The molecule has 1 rings (SSSR count). The summed E-state index contributed by atoms with van der Waals surface area (Å²) in [5.74, 6) is -0.208. The topological polar surface area (TPSA) is 61.3 Å². The van der Waals surface area contributed by atoms with Crippen LogP contribution < -0.4 is 16.2 Å². The van der Waals surface area contributed by atoms with Crippen LogP contribution in [0.1, 0.15) is 0 Å². The molecule has 0 fully saturated rings. The maximum atomic E-state index is 11.8. The van der Waals surface area contributed by atoms with Crippen LogP contribution in [0.3, 0.4) is 0 Å². The van der Waals surface area contributed by atoms with E-state index in [-0.39, 0.29) is 22.1 Å². The number of benzene rings is 1. The minimum atomic E-state index is -2.94. The predicted molar refractivity (Wildman–Crippen MR) is 46.9 cm³/mol. The second-order valence-corrected chi connectivity index (χ2v) is 2.72. The van der Waals surface area contributed by atoms with Gasteiger partial charge in [-0.05, 0) is 6.07 Å². The molecule has 1 aromatic carbocycles. The van der Waals surface area contributed by atoms with Gasteiger partial charge in [-0.2, -0.15) is 8.78 Å². The summed E-state index contributed by atoms with van der Waals surface area (Å²) in [5, 5.41) is 0.197. The third kappa shape index (κ3) is 2.35. The summed E-state index contributed by atoms with van der Waals surface area (Å²) in [5.41, 5.74) is 10.8. The first-order chi connectivity index (χ1) is 6.00. The van der Waals surface area contributed by atoms with Crippen LogP contribution in [0, 0.1) is 0 Å². The van der Waals surface area contributed by atoms with Gasteiger partial charge in [0.15, 0.2) is 5.75 Å². The molecule has 6 heteroatoms. The van der Waals surface area contributed by atoms with Crippen LogP contribution in [0.25, 0.3) is 0 Å². The summed E-state index contributed by atoms with van der Waals surface area (Å²) in [6, 6.07) is 2.54. The summed E-state index contributed by atoms with van der Waals surface area (Å²) in [4.78, 5) is 0. The molecule has 0 saturated heterocycles. The van der Waals surface area contributed by atoms with E-state index in [9.17, 15) is 8.78 Å². The van der Waals surface area contributed by atoms with Crippen LogP contribution in [-0.2, 0) is 0 Å². The van der Waals surface area contributed by atoms with E-state index in [1.807, 2.05) is 0 Å². The monoisotopic (exact) mass is 208 g/mol. The number of rotatable bonds is 2. The third-order valence-electron chi connectivity index (χ3n) is 1.35. The second-order valence-electron chi connectivity index (χ2n) is 2.29. The van der Waals surface area contributed by atoms with Crippen molar-refractivity contribution in [1.82, 2.24) is 0 Å². The number of nitrogens with two attached hydrogens (primary N) is 2. The summed E-state index contributed by atoms with van der Waals surface area (Å²) >= 11 is 5.55. The number of hydrogen-bond donors (Lipinski definition) is 2. The normalized spacial score (nSPS) is 10.5. The predicted octanol–water partition coefficient (Wildman–Crippen LogP) is 2.11. The average Bonchev–Trinajstić information content (AvgIpc) is 1.98. The van der Waals surface area contributed by atoms with Crippen molar-refractivity contribution in [3.63, 3.8) is 0 Å². The van der Waals surface area contributed by atoms with E-state index < -0.39 is 6.61 Å². The van der Waals surface area contributed by atoms with Crippen molar-refractivity contribution in [1.29, 1.82) is 0 Å². The van der Waals surface area contributed by atoms with Gasteiger partial charge in [0.05, 0.1) is 11.4 Å². The summed E-state index contributed by atoms with van der Waals surface area (Å²) in [7, 11) is 0. The van der Waals surface area contributed by atoms with Gasteiger partial charge in [-0.3, -0.25) is 0 Å². The fourth-order valence-electron chi connectivity index (χ4n) is 0.807. The Morgan fingerprint density at radius 1 is 1.31 bits per heavy atom. The number of alkyl halides is 2. The first-order valence-electron chi connectivity index (χ1n) is 3.30. The third-order valence-corrected chi connectivity index (χ3v) is 1.57. The van der Waals surface area contributed by atoms with E-state index in [0.717, 1.165) is 0 Å². The molecule has 3 nitrogen and oxygen atoms in total. The Morgan fingerprint density at radius 2 is 1.92 bits per heavy atom. The fraction of sp³-hybridized carbons (Fsp3) is 0.143. The zero-order chi connectivity index (χ0) is 10.0. The second kappa shape index (κ2) is 3.66. The number of ether oxygens (including phenoxy) is 1. The van der Waals surface area contributed by atoms with Gasteiger partial charge < -0.3 is 16.2 Å². The lowest BCUT2D eigenvalue weighted by Crippen LogP contribution is -2.06. The molecule has 0 aliphatic carbocycles. The van der Waals surface area contributed by atoms with E-state index >= 15 is 0 Å². The highest BCUT2D eigenvalue weighted by Crippen LogP contribution is 2.32. The zero-order valence-corrected chi connectivity index (χ0v) is 7.18. The lowest BCUT2D eigenvalue weighted by molar-refractivity contribution is -0.0492. The molecule has 0 atom stereocenters. The van der Waals surface area contributed by atoms with Crippen LogP contribution in [0.5, 0.6) is 5.75 Å². The number of halogens is 3. The Morgan fingerprint density at radius 3 is 2.46 bits per heavy atom. The van der Waals surface area contributed by atoms with Crippen molar-refractivity contribution in [3.8, 4) is 5.75 Å². The van der Waals surface area contributed by atoms with Crippen molar-refractivity contribution in [2.24, 2.45) is 0 Å². The Bertz CT molecular complexity index is 320. The van der Waals surface area contributed by atoms with Gasteiger partial charge in [-0.1, -0.05) is 11.6 Å². The van der Waals surface area contributed by atoms with Gasteiger partial charge in [0.25, 0.3) is 0 Å². The Hall–Kier alpha value is -1.23. The van der Waals surface area contributed by atoms with Crippen LogP contribution in [-0.4, -0.2) is 6.61 Å². The first kappa shape index (κ1) is 9.85. The molecule has 72 valence electrons. The smallest absolute Gasteiger partial charge is 0.387 e. The summed E-state index contributed by atoms with van der Waals surface area (Å²) < 4.78 is 27.7. The lowest BCUT2D eigenvalue weighted by Gasteiger charge is -2.09.